The second kappa shape index (κ2) is 6.78. The van der Waals surface area contributed by atoms with E-state index in [1.165, 1.54) is 25.5 Å². The van der Waals surface area contributed by atoms with Gasteiger partial charge in [0.2, 0.25) is 0 Å². The zero-order valence-corrected chi connectivity index (χ0v) is 12.7. The molecule has 0 spiro atoms. The molecule has 0 amide bonds. The fraction of sp³-hybridized carbons (Fsp3) is 0.250. The topological polar surface area (TPSA) is 20.2 Å². The summed E-state index contributed by atoms with van der Waals surface area (Å²) in [6.45, 7) is 2.20. The maximum Gasteiger partial charge on any atom is 0.358 e. The van der Waals surface area contributed by atoms with Gasteiger partial charge in [0.1, 0.15) is 5.75 Å². The Labute approximate surface area is 119 Å². The van der Waals surface area contributed by atoms with Crippen LogP contribution in [-0.2, 0) is 6.42 Å². The van der Waals surface area contributed by atoms with Crippen LogP contribution >= 0.6 is 0 Å². The Hall–Kier alpha value is -1.03. The van der Waals surface area contributed by atoms with Gasteiger partial charge in [0.15, 0.2) is 7.14 Å². The van der Waals surface area contributed by atoms with Crippen molar-refractivity contribution in [2.75, 3.05) is 0 Å². The van der Waals surface area contributed by atoms with Crippen LogP contribution in [0.5, 0.6) is 5.75 Å². The number of rotatable bonds is 5. The normalized spacial score (nSPS) is 10.5. The number of phenolic OH excluding ortho intramolecular Hbond substituents is 1. The Morgan fingerprint density at radius 2 is 1.83 bits per heavy atom. The van der Waals surface area contributed by atoms with E-state index in [-0.39, 0.29) is 21.2 Å². The number of phenols is 1. The van der Waals surface area contributed by atoms with E-state index >= 15 is 0 Å². The standard InChI is InChI=1S/C16H17IO/c1-2-3-7-13-12-15(18)10-11-16(13)17-14-8-5-4-6-9-14/h4-6,8-12H,2-3,7H2,1H3/p+1. The van der Waals surface area contributed by atoms with Gasteiger partial charge in [-0.1, -0.05) is 31.5 Å². The summed E-state index contributed by atoms with van der Waals surface area (Å²) in [4.78, 5) is 0. The molecule has 2 aromatic rings. The molecule has 94 valence electrons. The van der Waals surface area contributed by atoms with Crippen LogP contribution in [0.3, 0.4) is 0 Å². The Kier molecular flexibility index (Phi) is 5.05. The SMILES string of the molecule is CCCCc1cc(O)ccc1[I+]c1ccccc1. The van der Waals surface area contributed by atoms with Crippen LogP contribution in [0.1, 0.15) is 25.3 Å². The number of hydrogen-bond acceptors (Lipinski definition) is 1. The third kappa shape index (κ3) is 3.73. The molecule has 0 radical (unpaired) electrons. The molecule has 0 aromatic heterocycles. The molecular formula is C16H18IO+. The van der Waals surface area contributed by atoms with E-state index in [1.54, 1.807) is 0 Å². The van der Waals surface area contributed by atoms with Gasteiger partial charge in [0.25, 0.3) is 0 Å². The van der Waals surface area contributed by atoms with Crippen molar-refractivity contribution in [1.82, 2.24) is 0 Å². The molecule has 1 N–H and O–H groups in total. The molecule has 0 saturated carbocycles. The highest BCUT2D eigenvalue weighted by molar-refractivity contribution is 5.26. The summed E-state index contributed by atoms with van der Waals surface area (Å²) in [5, 5.41) is 9.62. The van der Waals surface area contributed by atoms with Gasteiger partial charge in [-0.05, 0) is 43.2 Å². The molecule has 0 fully saturated rings. The van der Waals surface area contributed by atoms with Crippen molar-refractivity contribution in [2.24, 2.45) is 0 Å². The van der Waals surface area contributed by atoms with Gasteiger partial charge in [0, 0.05) is 5.56 Å². The fourth-order valence-corrected chi connectivity index (χ4v) is 4.38. The maximum atomic E-state index is 9.62. The van der Waals surface area contributed by atoms with Crippen molar-refractivity contribution < 1.29 is 26.3 Å². The van der Waals surface area contributed by atoms with Crippen LogP contribution in [0.4, 0.5) is 0 Å². The van der Waals surface area contributed by atoms with Crippen LogP contribution in [0.15, 0.2) is 48.5 Å². The summed E-state index contributed by atoms with van der Waals surface area (Å²) >= 11 is -0.135. The number of aryl methyl sites for hydroxylation is 1. The van der Waals surface area contributed by atoms with E-state index < -0.39 is 0 Å². The van der Waals surface area contributed by atoms with Crippen LogP contribution < -0.4 is 21.2 Å². The molecule has 0 aliphatic rings. The molecule has 0 bridgehead atoms. The van der Waals surface area contributed by atoms with Crippen LogP contribution in [-0.4, -0.2) is 5.11 Å². The largest absolute Gasteiger partial charge is 0.508 e. The molecule has 18 heavy (non-hydrogen) atoms. The lowest BCUT2D eigenvalue weighted by Gasteiger charge is -2.01. The Bertz CT molecular complexity index is 494. The van der Waals surface area contributed by atoms with Crippen LogP contribution in [0.25, 0.3) is 0 Å². The monoisotopic (exact) mass is 353 g/mol. The first-order chi connectivity index (χ1) is 8.79. The van der Waals surface area contributed by atoms with Gasteiger partial charge < -0.3 is 5.11 Å². The summed E-state index contributed by atoms with van der Waals surface area (Å²) in [5.41, 5.74) is 1.33. The predicted octanol–water partition coefficient (Wildman–Crippen LogP) is 0.863. The quantitative estimate of drug-likeness (QED) is 0.791. The van der Waals surface area contributed by atoms with Gasteiger partial charge in [-0.2, -0.15) is 0 Å². The third-order valence-corrected chi connectivity index (χ3v) is 5.75. The minimum atomic E-state index is -0.135. The number of benzene rings is 2. The summed E-state index contributed by atoms with van der Waals surface area (Å²) in [6, 6.07) is 16.5. The minimum absolute atomic E-state index is 0.135. The van der Waals surface area contributed by atoms with E-state index in [0.29, 0.717) is 5.75 Å². The van der Waals surface area contributed by atoms with Crippen molar-refractivity contribution in [3.05, 3.63) is 61.2 Å². The van der Waals surface area contributed by atoms with E-state index in [9.17, 15) is 5.11 Å². The summed E-state index contributed by atoms with van der Waals surface area (Å²) in [7, 11) is 0. The molecule has 0 aliphatic heterocycles. The first-order valence-corrected chi connectivity index (χ1v) is 8.47. The Morgan fingerprint density at radius 1 is 1.06 bits per heavy atom. The van der Waals surface area contributed by atoms with E-state index in [2.05, 4.69) is 43.3 Å². The highest BCUT2D eigenvalue weighted by Crippen LogP contribution is 2.13. The molecule has 0 aliphatic carbocycles. The lowest BCUT2D eigenvalue weighted by molar-refractivity contribution is -0.598. The Balaban J connectivity index is 2.21. The summed E-state index contributed by atoms with van der Waals surface area (Å²) < 4.78 is 2.87. The third-order valence-electron chi connectivity index (χ3n) is 2.77. The molecule has 0 saturated heterocycles. The Morgan fingerprint density at radius 3 is 2.56 bits per heavy atom. The molecule has 2 heteroatoms. The van der Waals surface area contributed by atoms with Gasteiger partial charge in [-0.15, -0.1) is 0 Å². The van der Waals surface area contributed by atoms with Gasteiger partial charge in [0.05, 0.1) is 0 Å². The first kappa shape index (κ1) is 13.4. The minimum Gasteiger partial charge on any atom is -0.508 e. The highest BCUT2D eigenvalue weighted by Gasteiger charge is 2.19. The van der Waals surface area contributed by atoms with Crippen LogP contribution in [0.2, 0.25) is 0 Å². The number of unbranched alkanes of at least 4 members (excludes halogenated alkanes) is 1. The van der Waals surface area contributed by atoms with Crippen molar-refractivity contribution in [1.29, 1.82) is 0 Å². The molecule has 0 atom stereocenters. The number of hydrogen-bond donors (Lipinski definition) is 1. The zero-order valence-electron chi connectivity index (χ0n) is 10.6. The maximum absolute atomic E-state index is 9.62. The second-order valence-corrected chi connectivity index (χ2v) is 7.22. The van der Waals surface area contributed by atoms with E-state index in [4.69, 9.17) is 0 Å². The molecule has 2 rings (SSSR count). The molecule has 0 unspecified atom stereocenters. The zero-order chi connectivity index (χ0) is 12.8. The van der Waals surface area contributed by atoms with Gasteiger partial charge in [-0.25, -0.2) is 0 Å². The molecule has 1 nitrogen and oxygen atoms in total. The van der Waals surface area contributed by atoms with Crippen molar-refractivity contribution in [2.45, 2.75) is 26.2 Å². The smallest absolute Gasteiger partial charge is 0.358 e. The van der Waals surface area contributed by atoms with Gasteiger partial charge in [-0.3, -0.25) is 0 Å². The van der Waals surface area contributed by atoms with E-state index in [0.717, 1.165) is 6.42 Å². The lowest BCUT2D eigenvalue weighted by atomic mass is 10.1. The average Bonchev–Trinajstić information content (AvgIpc) is 2.40. The highest BCUT2D eigenvalue weighted by atomic mass is 127. The fourth-order valence-electron chi connectivity index (χ4n) is 1.81. The van der Waals surface area contributed by atoms with Crippen molar-refractivity contribution in [3.63, 3.8) is 0 Å². The molecule has 2 aromatic carbocycles. The van der Waals surface area contributed by atoms with E-state index in [1.807, 2.05) is 12.1 Å². The molecular weight excluding hydrogens is 335 g/mol. The summed E-state index contributed by atoms with van der Waals surface area (Å²) in [6.07, 6.45) is 3.46. The molecule has 0 heterocycles. The second-order valence-electron chi connectivity index (χ2n) is 4.27. The first-order valence-electron chi connectivity index (χ1n) is 6.31. The van der Waals surface area contributed by atoms with Gasteiger partial charge >= 0.3 is 21.2 Å². The van der Waals surface area contributed by atoms with Crippen molar-refractivity contribution >= 4 is 0 Å². The summed E-state index contributed by atoms with van der Waals surface area (Å²) in [5.74, 6) is 0.391. The van der Waals surface area contributed by atoms with Crippen LogP contribution in [0, 0.1) is 7.14 Å². The van der Waals surface area contributed by atoms with Crippen molar-refractivity contribution in [3.8, 4) is 5.75 Å². The number of halogens is 1. The average molecular weight is 353 g/mol. The predicted molar refractivity (Wildman–Crippen MR) is 70.6 cm³/mol. The lowest BCUT2D eigenvalue weighted by Crippen LogP contribution is -3.61. The number of aromatic hydroxyl groups is 1.